The van der Waals surface area contributed by atoms with Crippen molar-refractivity contribution in [3.8, 4) is 6.07 Å². The summed E-state index contributed by atoms with van der Waals surface area (Å²) in [4.78, 5) is 22.4. The minimum absolute atomic E-state index is 0.160. The summed E-state index contributed by atoms with van der Waals surface area (Å²) in [6.07, 6.45) is 0.933. The average molecular weight is 274 g/mol. The van der Waals surface area contributed by atoms with Crippen LogP contribution >= 0.6 is 0 Å². The van der Waals surface area contributed by atoms with Crippen LogP contribution in [0.5, 0.6) is 0 Å². The van der Waals surface area contributed by atoms with Gasteiger partial charge in [0.15, 0.2) is 5.76 Å². The highest BCUT2D eigenvalue weighted by Gasteiger charge is 2.15. The van der Waals surface area contributed by atoms with Crippen molar-refractivity contribution in [1.82, 2.24) is 0 Å². The zero-order valence-electron chi connectivity index (χ0n) is 9.88. The second kappa shape index (κ2) is 5.24. The second-order valence-electron chi connectivity index (χ2n) is 3.77. The van der Waals surface area contributed by atoms with Crippen molar-refractivity contribution in [1.29, 1.82) is 5.26 Å². The number of furan rings is 1. The molecule has 7 heteroatoms. The van der Waals surface area contributed by atoms with Crippen molar-refractivity contribution < 1.29 is 23.5 Å². The molecule has 2 rings (SSSR count). The third kappa shape index (κ3) is 2.64. The molecule has 0 saturated heterocycles. The number of hydrogen-bond donors (Lipinski definition) is 2. The van der Waals surface area contributed by atoms with E-state index in [0.717, 1.165) is 24.5 Å². The molecule has 2 N–H and O–H groups in total. The number of rotatable bonds is 3. The fraction of sp³-hybridized carbons (Fsp3) is 0. The number of halogens is 1. The Bertz CT molecular complexity index is 730. The zero-order chi connectivity index (χ0) is 14.7. The van der Waals surface area contributed by atoms with Crippen LogP contribution in [0.25, 0.3) is 0 Å². The smallest absolute Gasteiger partial charge is 0.338 e. The first-order chi connectivity index (χ1) is 9.51. The highest BCUT2D eigenvalue weighted by molar-refractivity contribution is 6.03. The number of anilines is 1. The van der Waals surface area contributed by atoms with Gasteiger partial charge in [0.2, 0.25) is 0 Å². The number of carboxylic acids is 1. The molecule has 100 valence electrons. The Morgan fingerprint density at radius 3 is 2.70 bits per heavy atom. The van der Waals surface area contributed by atoms with Crippen molar-refractivity contribution in [3.05, 3.63) is 53.2 Å². The summed E-state index contributed by atoms with van der Waals surface area (Å²) in [6.45, 7) is 0. The van der Waals surface area contributed by atoms with Gasteiger partial charge < -0.3 is 14.8 Å². The molecule has 2 aromatic rings. The molecule has 0 aliphatic rings. The molecule has 0 saturated carbocycles. The molecule has 0 aliphatic carbocycles. The molecule has 0 fully saturated rings. The van der Waals surface area contributed by atoms with E-state index in [1.807, 2.05) is 0 Å². The van der Waals surface area contributed by atoms with Crippen LogP contribution in [0.3, 0.4) is 0 Å². The second-order valence-corrected chi connectivity index (χ2v) is 3.77. The van der Waals surface area contributed by atoms with Crippen LogP contribution in [-0.4, -0.2) is 17.0 Å². The maximum atomic E-state index is 13.1. The molecular formula is C13H7FN2O4. The van der Waals surface area contributed by atoms with Crippen molar-refractivity contribution in [2.75, 3.05) is 5.32 Å². The van der Waals surface area contributed by atoms with Crippen molar-refractivity contribution >= 4 is 17.6 Å². The van der Waals surface area contributed by atoms with E-state index in [0.29, 0.717) is 0 Å². The van der Waals surface area contributed by atoms with Gasteiger partial charge in [0.05, 0.1) is 11.1 Å². The molecular weight excluding hydrogens is 267 g/mol. The summed E-state index contributed by atoms with van der Waals surface area (Å²) in [7, 11) is 0. The molecule has 1 aromatic heterocycles. The summed E-state index contributed by atoms with van der Waals surface area (Å²) >= 11 is 0. The molecule has 1 amide bonds. The van der Waals surface area contributed by atoms with Gasteiger partial charge in [-0.3, -0.25) is 4.79 Å². The van der Waals surface area contributed by atoms with E-state index in [2.05, 4.69) is 5.32 Å². The van der Waals surface area contributed by atoms with Crippen molar-refractivity contribution in [2.45, 2.75) is 0 Å². The Morgan fingerprint density at radius 1 is 1.35 bits per heavy atom. The predicted octanol–water partition coefficient (Wildman–Crippen LogP) is 2.24. The number of nitrogens with zero attached hydrogens (tertiary/aromatic N) is 1. The summed E-state index contributed by atoms with van der Waals surface area (Å²) in [5, 5.41) is 19.7. The van der Waals surface area contributed by atoms with Crippen LogP contribution in [0.1, 0.15) is 26.5 Å². The van der Waals surface area contributed by atoms with Gasteiger partial charge in [-0.2, -0.15) is 5.26 Å². The minimum Gasteiger partial charge on any atom is -0.478 e. The molecule has 0 unspecified atom stereocenters. The van der Waals surface area contributed by atoms with Gasteiger partial charge >= 0.3 is 5.97 Å². The number of carboxylic acid groups (broad SMARTS) is 1. The van der Waals surface area contributed by atoms with Crippen LogP contribution in [0.4, 0.5) is 10.1 Å². The fourth-order valence-electron chi connectivity index (χ4n) is 1.45. The zero-order valence-corrected chi connectivity index (χ0v) is 9.88. The van der Waals surface area contributed by atoms with Gasteiger partial charge in [-0.15, -0.1) is 0 Å². The Labute approximate surface area is 112 Å². The van der Waals surface area contributed by atoms with Crippen LogP contribution < -0.4 is 5.32 Å². The van der Waals surface area contributed by atoms with E-state index in [1.165, 1.54) is 6.07 Å². The third-order valence-electron chi connectivity index (χ3n) is 2.41. The van der Waals surface area contributed by atoms with Gasteiger partial charge in [0.25, 0.3) is 5.91 Å². The SMILES string of the molecule is N#Cc1cc(NC(=O)c2cc(C(=O)O)co2)ccc1F. The maximum absolute atomic E-state index is 13.1. The van der Waals surface area contributed by atoms with Gasteiger partial charge in [0, 0.05) is 11.8 Å². The monoisotopic (exact) mass is 274 g/mol. The van der Waals surface area contributed by atoms with Crippen LogP contribution in [-0.2, 0) is 0 Å². The van der Waals surface area contributed by atoms with Crippen molar-refractivity contribution in [3.63, 3.8) is 0 Å². The molecule has 1 aromatic carbocycles. The van der Waals surface area contributed by atoms with E-state index in [1.54, 1.807) is 6.07 Å². The average Bonchev–Trinajstić information content (AvgIpc) is 2.91. The standard InChI is InChI=1S/C13H7FN2O4/c14-10-2-1-9(3-7(10)5-15)16-12(17)11-4-8(6-20-11)13(18)19/h1-4,6H,(H,16,17)(H,18,19). The van der Waals surface area contributed by atoms with Gasteiger partial charge in [0.1, 0.15) is 18.1 Å². The molecule has 6 nitrogen and oxygen atoms in total. The molecule has 0 radical (unpaired) electrons. The molecule has 1 heterocycles. The van der Waals surface area contributed by atoms with Crippen LogP contribution in [0, 0.1) is 17.1 Å². The Balaban J connectivity index is 2.19. The maximum Gasteiger partial charge on any atom is 0.338 e. The van der Waals surface area contributed by atoms with Crippen LogP contribution in [0.2, 0.25) is 0 Å². The quantitative estimate of drug-likeness (QED) is 0.893. The highest BCUT2D eigenvalue weighted by Crippen LogP contribution is 2.16. The first-order valence-corrected chi connectivity index (χ1v) is 5.34. The summed E-state index contributed by atoms with van der Waals surface area (Å²) in [6, 6.07) is 6.18. The molecule has 0 atom stereocenters. The largest absolute Gasteiger partial charge is 0.478 e. The summed E-state index contributed by atoms with van der Waals surface area (Å²) in [5.74, 6) is -2.82. The lowest BCUT2D eigenvalue weighted by atomic mass is 10.2. The number of benzene rings is 1. The predicted molar refractivity (Wildman–Crippen MR) is 64.7 cm³/mol. The molecule has 0 aliphatic heterocycles. The summed E-state index contributed by atoms with van der Waals surface area (Å²) in [5.41, 5.74) is -0.179. The Kier molecular flexibility index (Phi) is 3.48. The first-order valence-electron chi connectivity index (χ1n) is 5.34. The van der Waals surface area contributed by atoms with Gasteiger partial charge in [-0.25, -0.2) is 9.18 Å². The summed E-state index contributed by atoms with van der Waals surface area (Å²) < 4.78 is 17.9. The van der Waals surface area contributed by atoms with Crippen LogP contribution in [0.15, 0.2) is 34.9 Å². The van der Waals surface area contributed by atoms with E-state index in [9.17, 15) is 14.0 Å². The highest BCUT2D eigenvalue weighted by atomic mass is 19.1. The van der Waals surface area contributed by atoms with Gasteiger partial charge in [-0.05, 0) is 18.2 Å². The number of nitrogens with one attached hydrogen (secondary N) is 1. The molecule has 0 spiro atoms. The molecule has 0 bridgehead atoms. The van der Waals surface area contributed by atoms with E-state index >= 15 is 0 Å². The molecule has 20 heavy (non-hydrogen) atoms. The number of carbonyl (C=O) groups excluding carboxylic acids is 1. The van der Waals surface area contributed by atoms with E-state index < -0.39 is 17.7 Å². The lowest BCUT2D eigenvalue weighted by Crippen LogP contribution is -2.11. The number of nitriles is 1. The minimum atomic E-state index is -1.22. The topological polar surface area (TPSA) is 103 Å². The Hall–Kier alpha value is -3.14. The third-order valence-corrected chi connectivity index (χ3v) is 2.41. The normalized spacial score (nSPS) is 9.80. The Morgan fingerprint density at radius 2 is 2.10 bits per heavy atom. The first kappa shape index (κ1) is 13.3. The van der Waals surface area contributed by atoms with Gasteiger partial charge in [-0.1, -0.05) is 0 Å². The fourth-order valence-corrected chi connectivity index (χ4v) is 1.45. The number of hydrogen-bond acceptors (Lipinski definition) is 4. The number of carbonyl (C=O) groups is 2. The lowest BCUT2D eigenvalue weighted by molar-refractivity contribution is 0.0696. The van der Waals surface area contributed by atoms with Crippen molar-refractivity contribution in [2.24, 2.45) is 0 Å². The number of aromatic carboxylic acids is 1. The van der Waals surface area contributed by atoms with E-state index in [4.69, 9.17) is 14.8 Å². The lowest BCUT2D eigenvalue weighted by Gasteiger charge is -2.03. The van der Waals surface area contributed by atoms with E-state index in [-0.39, 0.29) is 22.6 Å². The number of amides is 1.